The summed E-state index contributed by atoms with van der Waals surface area (Å²) in [7, 11) is 1.62. The number of aromatic nitrogens is 1. The van der Waals surface area contributed by atoms with E-state index in [-0.39, 0.29) is 6.10 Å². The van der Waals surface area contributed by atoms with Crippen LogP contribution in [0, 0.1) is 0 Å². The van der Waals surface area contributed by atoms with Crippen molar-refractivity contribution < 1.29 is 9.47 Å². The number of thiazole rings is 1. The highest BCUT2D eigenvalue weighted by atomic mass is 32.1. The molecule has 1 fully saturated rings. The number of hydrazine groups is 2. The maximum atomic E-state index is 5.84. The third-order valence-corrected chi connectivity index (χ3v) is 4.42. The van der Waals surface area contributed by atoms with Gasteiger partial charge in [-0.1, -0.05) is 0 Å². The molecule has 4 heterocycles. The van der Waals surface area contributed by atoms with Crippen LogP contribution in [0.5, 0.6) is 5.88 Å². The smallest absolute Gasteiger partial charge is 0.224 e. The monoisotopic (exact) mass is 321 g/mol. The Morgan fingerprint density at radius 1 is 1.41 bits per heavy atom. The summed E-state index contributed by atoms with van der Waals surface area (Å²) < 4.78 is 11.0. The Morgan fingerprint density at radius 2 is 2.32 bits per heavy atom. The summed E-state index contributed by atoms with van der Waals surface area (Å²) in [6.45, 7) is 2.12. The Balaban J connectivity index is 1.49. The van der Waals surface area contributed by atoms with Crippen LogP contribution in [0.1, 0.15) is 11.1 Å². The first-order chi connectivity index (χ1) is 10.8. The van der Waals surface area contributed by atoms with Crippen molar-refractivity contribution in [1.82, 2.24) is 26.1 Å². The van der Waals surface area contributed by atoms with Crippen LogP contribution < -0.4 is 15.8 Å². The van der Waals surface area contributed by atoms with E-state index in [9.17, 15) is 0 Å². The van der Waals surface area contributed by atoms with Crippen molar-refractivity contribution >= 4 is 23.0 Å². The number of nitrogens with one attached hydrogen (secondary N) is 2. The van der Waals surface area contributed by atoms with Crippen LogP contribution in [0.2, 0.25) is 0 Å². The topological polar surface area (TPSA) is 86.6 Å². The molecule has 1 saturated heterocycles. The number of methoxy groups -OCH3 is 1. The van der Waals surface area contributed by atoms with Gasteiger partial charge < -0.3 is 14.4 Å². The number of hydrogen-bond acceptors (Lipinski definition) is 10. The molecule has 22 heavy (non-hydrogen) atoms. The van der Waals surface area contributed by atoms with Gasteiger partial charge in [-0.2, -0.15) is 5.12 Å². The van der Waals surface area contributed by atoms with Gasteiger partial charge in [0.25, 0.3) is 0 Å². The van der Waals surface area contributed by atoms with E-state index in [1.165, 1.54) is 0 Å². The third kappa shape index (κ3) is 2.40. The van der Waals surface area contributed by atoms with E-state index in [1.54, 1.807) is 23.6 Å². The molecule has 116 valence electrons. The predicted octanol–water partition coefficient (Wildman–Crippen LogP) is 0.0466. The number of hydrogen-bond donors (Lipinski definition) is 2. The quantitative estimate of drug-likeness (QED) is 0.796. The lowest BCUT2D eigenvalue weighted by atomic mass is 10.2. The number of hydrazone groups is 2. The van der Waals surface area contributed by atoms with Crippen LogP contribution in [0.15, 0.2) is 27.7 Å². The van der Waals surface area contributed by atoms with Crippen LogP contribution in [0.25, 0.3) is 0 Å². The highest BCUT2D eigenvalue weighted by Crippen LogP contribution is 2.28. The second kappa shape index (κ2) is 5.55. The van der Waals surface area contributed by atoms with Crippen molar-refractivity contribution in [2.45, 2.75) is 6.10 Å². The average Bonchev–Trinajstić information content (AvgIpc) is 3.23. The first-order valence-corrected chi connectivity index (χ1v) is 7.72. The Labute approximate surface area is 130 Å². The fraction of sp³-hybridized carbons (Fsp3) is 0.417. The minimum absolute atomic E-state index is 0.0709. The molecule has 0 aromatic carbocycles. The minimum Gasteiger partial charge on any atom is -0.480 e. The molecule has 1 aromatic heterocycles. The Morgan fingerprint density at radius 3 is 3.18 bits per heavy atom. The summed E-state index contributed by atoms with van der Waals surface area (Å²) in [5, 5.41) is 13.0. The van der Waals surface area contributed by atoms with Crippen molar-refractivity contribution in [2.24, 2.45) is 10.2 Å². The lowest BCUT2D eigenvalue weighted by Gasteiger charge is -2.34. The van der Waals surface area contributed by atoms with E-state index in [4.69, 9.17) is 9.47 Å². The Bertz CT molecular complexity index is 656. The molecule has 0 amide bonds. The first-order valence-electron chi connectivity index (χ1n) is 6.84. The molecule has 3 aliphatic rings. The van der Waals surface area contributed by atoms with Crippen LogP contribution >= 0.6 is 11.3 Å². The number of nitrogens with zero attached hydrogens (tertiary/aromatic N) is 5. The highest BCUT2D eigenvalue weighted by molar-refractivity contribution is 7.09. The molecular weight excluding hydrogens is 306 g/mol. The van der Waals surface area contributed by atoms with E-state index in [2.05, 4.69) is 31.2 Å². The Kier molecular flexibility index (Phi) is 3.41. The highest BCUT2D eigenvalue weighted by Gasteiger charge is 2.28. The van der Waals surface area contributed by atoms with Gasteiger partial charge in [0.1, 0.15) is 11.1 Å². The van der Waals surface area contributed by atoms with Gasteiger partial charge in [-0.25, -0.2) is 10.5 Å². The standard InChI is InChI=1S/C12H15N7O2S/c1-20-11-7-22-12(13-11)8-6-18(4-5-21-8)10-3-2-9-14-16-17-19(9)15-10/h2-3,7-8,16-17H,4-6H2,1H3. The zero-order chi connectivity index (χ0) is 14.9. The van der Waals surface area contributed by atoms with Gasteiger partial charge in [0.2, 0.25) is 5.88 Å². The summed E-state index contributed by atoms with van der Waals surface area (Å²) in [4.78, 5) is 6.60. The fourth-order valence-electron chi connectivity index (χ4n) is 2.39. The van der Waals surface area contributed by atoms with E-state index in [0.29, 0.717) is 19.0 Å². The van der Waals surface area contributed by atoms with Crippen molar-refractivity contribution in [1.29, 1.82) is 0 Å². The van der Waals surface area contributed by atoms with Gasteiger partial charge in [0, 0.05) is 6.54 Å². The summed E-state index contributed by atoms with van der Waals surface area (Å²) in [5.41, 5.74) is 5.51. The van der Waals surface area contributed by atoms with Gasteiger partial charge in [-0.15, -0.1) is 27.1 Å². The maximum absolute atomic E-state index is 5.84. The summed E-state index contributed by atoms with van der Waals surface area (Å²) in [6.07, 6.45) is 3.79. The summed E-state index contributed by atoms with van der Waals surface area (Å²) in [5.74, 6) is 2.23. The van der Waals surface area contributed by atoms with Crippen molar-refractivity contribution in [3.05, 3.63) is 22.5 Å². The molecular formula is C12H15N7O2S. The number of morpholine rings is 1. The maximum Gasteiger partial charge on any atom is 0.224 e. The van der Waals surface area contributed by atoms with E-state index < -0.39 is 0 Å². The zero-order valence-corrected chi connectivity index (χ0v) is 12.7. The van der Waals surface area contributed by atoms with E-state index in [0.717, 1.165) is 23.2 Å². The molecule has 9 nitrogen and oxygen atoms in total. The van der Waals surface area contributed by atoms with Crippen LogP contribution in [-0.2, 0) is 4.74 Å². The van der Waals surface area contributed by atoms with Crippen molar-refractivity contribution in [3.8, 4) is 5.88 Å². The van der Waals surface area contributed by atoms with Gasteiger partial charge in [0.05, 0.1) is 25.6 Å². The summed E-state index contributed by atoms with van der Waals surface area (Å²) in [6, 6.07) is 0. The first kappa shape index (κ1) is 13.5. The molecule has 1 aromatic rings. The molecule has 0 bridgehead atoms. The van der Waals surface area contributed by atoms with Crippen LogP contribution in [0.3, 0.4) is 0 Å². The molecule has 2 N–H and O–H groups in total. The molecule has 1 atom stereocenters. The fourth-order valence-corrected chi connectivity index (χ4v) is 3.20. The van der Waals surface area contributed by atoms with Crippen molar-refractivity contribution in [2.75, 3.05) is 26.8 Å². The predicted molar refractivity (Wildman–Crippen MR) is 81.1 cm³/mol. The number of rotatable bonds is 2. The molecule has 10 heteroatoms. The number of ether oxygens (including phenoxy) is 2. The second-order valence-electron chi connectivity index (χ2n) is 4.83. The molecule has 3 aliphatic heterocycles. The number of fused-ring (bicyclic) bond motifs is 1. The van der Waals surface area contributed by atoms with Gasteiger partial charge in [-0.3, -0.25) is 0 Å². The SMILES string of the molecule is COc1csc(C2CN(C3=NN4NNN=C4C=C3)CCO2)n1. The number of amidine groups is 2. The average molecular weight is 321 g/mol. The molecule has 0 radical (unpaired) electrons. The van der Waals surface area contributed by atoms with Gasteiger partial charge in [0.15, 0.2) is 11.7 Å². The van der Waals surface area contributed by atoms with Crippen LogP contribution in [-0.4, -0.2) is 53.5 Å². The van der Waals surface area contributed by atoms with Crippen molar-refractivity contribution in [3.63, 3.8) is 0 Å². The molecule has 0 aliphatic carbocycles. The lowest BCUT2D eigenvalue weighted by molar-refractivity contribution is -0.00738. The summed E-state index contributed by atoms with van der Waals surface area (Å²) >= 11 is 1.55. The Hall–Kier alpha value is -2.17. The van der Waals surface area contributed by atoms with Gasteiger partial charge in [-0.05, 0) is 12.2 Å². The van der Waals surface area contributed by atoms with E-state index >= 15 is 0 Å². The largest absolute Gasteiger partial charge is 0.480 e. The normalized spacial score (nSPS) is 23.8. The van der Waals surface area contributed by atoms with Crippen LogP contribution in [0.4, 0.5) is 0 Å². The molecule has 1 unspecified atom stereocenters. The molecule has 0 spiro atoms. The lowest BCUT2D eigenvalue weighted by Crippen LogP contribution is -2.46. The second-order valence-corrected chi connectivity index (χ2v) is 5.72. The molecule has 4 rings (SSSR count). The molecule has 0 saturated carbocycles. The zero-order valence-electron chi connectivity index (χ0n) is 11.9. The third-order valence-electron chi connectivity index (χ3n) is 3.50. The van der Waals surface area contributed by atoms with E-state index in [1.807, 2.05) is 17.5 Å². The van der Waals surface area contributed by atoms with Gasteiger partial charge >= 0.3 is 0 Å². The minimum atomic E-state index is -0.0709.